The Kier molecular flexibility index (Phi) is 1.50. The van der Waals surface area contributed by atoms with Gasteiger partial charge in [-0.1, -0.05) is 0 Å². The number of aliphatic hydroxyl groups excluding tert-OH is 1. The highest BCUT2D eigenvalue weighted by Gasteiger charge is 2.28. The summed E-state index contributed by atoms with van der Waals surface area (Å²) in [6.07, 6.45) is 1.60. The van der Waals surface area contributed by atoms with E-state index in [1.54, 1.807) is 0 Å². The topological polar surface area (TPSA) is 24.6 Å². The average molecular weight is 111 g/mol. The van der Waals surface area contributed by atoms with Crippen molar-refractivity contribution in [3.05, 3.63) is 11.4 Å². The van der Waals surface area contributed by atoms with Gasteiger partial charge in [0.15, 0.2) is 0 Å². The van der Waals surface area contributed by atoms with E-state index >= 15 is 0 Å². The maximum atomic E-state index is 8.74. The molecule has 2 nitrogen and oxygen atoms in total. The van der Waals surface area contributed by atoms with E-state index in [4.69, 9.17) is 11.7 Å². The molecule has 0 unspecified atom stereocenters. The minimum Gasteiger partial charge on any atom is -0.393 e. The summed E-state index contributed by atoms with van der Waals surface area (Å²) >= 11 is 0. The van der Waals surface area contributed by atoms with E-state index in [1.165, 1.54) is 0 Å². The summed E-state index contributed by atoms with van der Waals surface area (Å²) in [6.45, 7) is 7.09. The third-order valence-corrected chi connectivity index (χ3v) is 1.56. The fourth-order valence-corrected chi connectivity index (χ4v) is 0.979. The summed E-state index contributed by atoms with van der Waals surface area (Å²) in [6, 6.07) is 0. The Labute approximate surface area is 49.0 Å². The highest BCUT2D eigenvalue weighted by Crippen LogP contribution is 2.26. The highest BCUT2D eigenvalue weighted by atomic mass is 16.3. The normalized spacial score (nSPS) is 35.5. The van der Waals surface area contributed by atoms with Crippen molar-refractivity contribution in [2.24, 2.45) is 5.92 Å². The van der Waals surface area contributed by atoms with E-state index in [2.05, 4.69) is 4.85 Å². The minimum atomic E-state index is -0.0956. The Hall–Kier alpha value is -0.550. The second kappa shape index (κ2) is 2.15. The molecular weight excluding hydrogens is 102 g/mol. The van der Waals surface area contributed by atoms with E-state index in [9.17, 15) is 0 Å². The van der Waals surface area contributed by atoms with Crippen LogP contribution in [0.2, 0.25) is 0 Å². The van der Waals surface area contributed by atoms with Gasteiger partial charge in [-0.15, -0.1) is 0 Å². The van der Waals surface area contributed by atoms with Gasteiger partial charge in [0.1, 0.15) is 0 Å². The molecule has 0 aromatic carbocycles. The average Bonchev–Trinajstić information content (AvgIpc) is 1.64. The van der Waals surface area contributed by atoms with Crippen molar-refractivity contribution < 1.29 is 5.11 Å². The third kappa shape index (κ3) is 0.988. The zero-order valence-electron chi connectivity index (χ0n) is 4.67. The van der Waals surface area contributed by atoms with Crippen LogP contribution in [0.25, 0.3) is 4.85 Å². The predicted octanol–water partition coefficient (Wildman–Crippen LogP) is 0.677. The third-order valence-electron chi connectivity index (χ3n) is 1.56. The molecule has 0 atom stereocenters. The second-order valence-corrected chi connectivity index (χ2v) is 2.33. The van der Waals surface area contributed by atoms with Crippen molar-refractivity contribution >= 4 is 0 Å². The lowest BCUT2D eigenvalue weighted by atomic mass is 9.83. The first kappa shape index (κ1) is 5.58. The van der Waals surface area contributed by atoms with Crippen LogP contribution in [0.15, 0.2) is 0 Å². The number of hydrogen-bond acceptors (Lipinski definition) is 1. The number of nitrogens with zero attached hydrogens (tertiary/aromatic N) is 1. The Morgan fingerprint density at radius 2 is 2.25 bits per heavy atom. The smallest absolute Gasteiger partial charge is 0.217 e. The second-order valence-electron chi connectivity index (χ2n) is 2.33. The van der Waals surface area contributed by atoms with Crippen molar-refractivity contribution in [3.8, 4) is 0 Å². The van der Waals surface area contributed by atoms with Gasteiger partial charge in [0.05, 0.1) is 6.10 Å². The lowest BCUT2D eigenvalue weighted by molar-refractivity contribution is 0.0500. The molecule has 0 spiro atoms. The molecule has 1 saturated carbocycles. The predicted molar refractivity (Wildman–Crippen MR) is 30.2 cm³/mol. The lowest BCUT2D eigenvalue weighted by Gasteiger charge is -2.26. The molecule has 0 bridgehead atoms. The molecule has 0 amide bonds. The fourth-order valence-electron chi connectivity index (χ4n) is 0.979. The van der Waals surface area contributed by atoms with Gasteiger partial charge in [-0.3, -0.25) is 0 Å². The maximum absolute atomic E-state index is 8.74. The molecule has 0 aromatic heterocycles. The van der Waals surface area contributed by atoms with Crippen LogP contribution in [0.4, 0.5) is 0 Å². The lowest BCUT2D eigenvalue weighted by Crippen LogP contribution is -2.29. The van der Waals surface area contributed by atoms with Crippen LogP contribution in [0, 0.1) is 12.5 Å². The van der Waals surface area contributed by atoms with E-state index in [1.807, 2.05) is 0 Å². The Morgan fingerprint density at radius 3 is 2.62 bits per heavy atom. The molecule has 0 aromatic rings. The summed E-state index contributed by atoms with van der Waals surface area (Å²) < 4.78 is 0. The van der Waals surface area contributed by atoms with Crippen LogP contribution in [-0.4, -0.2) is 17.8 Å². The van der Waals surface area contributed by atoms with Crippen LogP contribution >= 0.6 is 0 Å². The maximum Gasteiger partial charge on any atom is 0.217 e. The molecule has 0 saturated heterocycles. The van der Waals surface area contributed by atoms with Gasteiger partial charge >= 0.3 is 0 Å². The quantitative estimate of drug-likeness (QED) is 0.494. The summed E-state index contributed by atoms with van der Waals surface area (Å²) in [5, 5.41) is 8.74. The molecule has 1 fully saturated rings. The molecule has 8 heavy (non-hydrogen) atoms. The monoisotopic (exact) mass is 111 g/mol. The largest absolute Gasteiger partial charge is 0.393 e. The van der Waals surface area contributed by atoms with Crippen LogP contribution in [-0.2, 0) is 0 Å². The van der Waals surface area contributed by atoms with Crippen molar-refractivity contribution in [1.82, 2.24) is 0 Å². The van der Waals surface area contributed by atoms with Gasteiger partial charge in [-0.05, 0) is 12.8 Å². The van der Waals surface area contributed by atoms with Gasteiger partial charge in [-0.25, -0.2) is 6.57 Å². The van der Waals surface area contributed by atoms with Gasteiger partial charge in [0, 0.05) is 5.92 Å². The molecule has 0 heterocycles. The molecule has 2 heteroatoms. The first-order valence-electron chi connectivity index (χ1n) is 2.84. The Morgan fingerprint density at radius 1 is 1.62 bits per heavy atom. The number of hydrogen-bond donors (Lipinski definition) is 1. The van der Waals surface area contributed by atoms with Gasteiger partial charge < -0.3 is 9.95 Å². The first-order chi connectivity index (χ1) is 3.83. The molecule has 0 radical (unpaired) electrons. The summed E-state index contributed by atoms with van der Waals surface area (Å²) in [5.74, 6) is 0.502. The van der Waals surface area contributed by atoms with Crippen molar-refractivity contribution in [1.29, 1.82) is 0 Å². The molecular formula is C6H9NO. The van der Waals surface area contributed by atoms with Crippen LogP contribution in [0.3, 0.4) is 0 Å². The van der Waals surface area contributed by atoms with E-state index in [0.29, 0.717) is 12.5 Å². The fraction of sp³-hybridized carbons (Fsp3) is 0.833. The van der Waals surface area contributed by atoms with Gasteiger partial charge in [0.2, 0.25) is 6.54 Å². The minimum absolute atomic E-state index is 0.0956. The number of aliphatic hydroxyl groups is 1. The standard InChI is InChI=1S/C6H9NO/c1-7-4-5-2-6(8)3-5/h5-6,8H,2-4H2. The van der Waals surface area contributed by atoms with Gasteiger partial charge in [0.25, 0.3) is 0 Å². The Bertz CT molecular complexity index is 110. The van der Waals surface area contributed by atoms with E-state index < -0.39 is 0 Å². The van der Waals surface area contributed by atoms with Crippen LogP contribution < -0.4 is 0 Å². The van der Waals surface area contributed by atoms with Crippen LogP contribution in [0.1, 0.15) is 12.8 Å². The summed E-state index contributed by atoms with van der Waals surface area (Å²) in [7, 11) is 0. The zero-order valence-corrected chi connectivity index (χ0v) is 4.67. The van der Waals surface area contributed by atoms with Crippen molar-refractivity contribution in [2.75, 3.05) is 6.54 Å². The molecule has 0 aliphatic heterocycles. The first-order valence-corrected chi connectivity index (χ1v) is 2.84. The Balaban J connectivity index is 2.09. The zero-order chi connectivity index (χ0) is 5.98. The van der Waals surface area contributed by atoms with Crippen LogP contribution in [0.5, 0.6) is 0 Å². The summed E-state index contributed by atoms with van der Waals surface area (Å²) in [4.78, 5) is 3.23. The van der Waals surface area contributed by atoms with Crippen molar-refractivity contribution in [3.63, 3.8) is 0 Å². The van der Waals surface area contributed by atoms with E-state index in [-0.39, 0.29) is 6.10 Å². The van der Waals surface area contributed by atoms with E-state index in [0.717, 1.165) is 12.8 Å². The molecule has 1 N–H and O–H groups in total. The molecule has 1 rings (SSSR count). The molecule has 1 aliphatic rings. The van der Waals surface area contributed by atoms with Crippen molar-refractivity contribution in [2.45, 2.75) is 18.9 Å². The number of rotatable bonds is 1. The highest BCUT2D eigenvalue weighted by molar-refractivity contribution is 4.83. The van der Waals surface area contributed by atoms with Gasteiger partial charge in [-0.2, -0.15) is 0 Å². The molecule has 1 aliphatic carbocycles. The SMILES string of the molecule is [C-]#[N+]CC1CC(O)C1. The molecule has 44 valence electrons. The summed E-state index contributed by atoms with van der Waals surface area (Å²) in [5.41, 5.74) is 0.